The van der Waals surface area contributed by atoms with Gasteiger partial charge in [0, 0.05) is 16.3 Å². The maximum Gasteiger partial charge on any atom is 0.271 e. The molecular formula is C16H18BrN3OS. The fraction of sp³-hybridized carbons (Fsp3) is 0.375. The highest BCUT2D eigenvalue weighted by Crippen LogP contribution is 2.41. The highest BCUT2D eigenvalue weighted by Gasteiger charge is 2.40. The van der Waals surface area contributed by atoms with Crippen molar-refractivity contribution in [1.82, 2.24) is 10.3 Å². The molecule has 1 amide bonds. The summed E-state index contributed by atoms with van der Waals surface area (Å²) in [5.74, 6) is -0.0952. The quantitative estimate of drug-likeness (QED) is 0.837. The second-order valence-electron chi connectivity index (χ2n) is 5.56. The van der Waals surface area contributed by atoms with Crippen LogP contribution in [0.5, 0.6) is 0 Å². The molecule has 2 aromatic rings. The molecule has 0 unspecified atom stereocenters. The number of nitrogens with two attached hydrogens (primary N) is 1. The van der Waals surface area contributed by atoms with Crippen molar-refractivity contribution in [3.63, 3.8) is 0 Å². The van der Waals surface area contributed by atoms with Crippen LogP contribution in [0.25, 0.3) is 0 Å². The summed E-state index contributed by atoms with van der Waals surface area (Å²) in [4.78, 5) is 16.9. The molecule has 116 valence electrons. The Morgan fingerprint density at radius 2 is 2.09 bits per heavy atom. The van der Waals surface area contributed by atoms with Gasteiger partial charge in [-0.15, -0.1) is 11.3 Å². The lowest BCUT2D eigenvalue weighted by molar-refractivity contribution is 0.0818. The minimum absolute atomic E-state index is 0.0952. The summed E-state index contributed by atoms with van der Waals surface area (Å²) in [5, 5.41) is 5.93. The van der Waals surface area contributed by atoms with Crippen molar-refractivity contribution >= 4 is 33.2 Å². The van der Waals surface area contributed by atoms with Gasteiger partial charge in [-0.05, 0) is 43.5 Å². The Bertz CT molecular complexity index is 664. The minimum Gasteiger partial charge on any atom is -0.341 e. The number of thiazole rings is 1. The van der Waals surface area contributed by atoms with Crippen LogP contribution in [-0.4, -0.2) is 17.4 Å². The van der Waals surface area contributed by atoms with Crippen LogP contribution in [0.2, 0.25) is 0 Å². The van der Waals surface area contributed by atoms with Crippen molar-refractivity contribution in [2.75, 3.05) is 6.54 Å². The second kappa shape index (κ2) is 6.48. The zero-order valence-corrected chi connectivity index (χ0v) is 14.5. The maximum atomic E-state index is 12.5. The second-order valence-corrected chi connectivity index (χ2v) is 7.42. The fourth-order valence-corrected chi connectivity index (χ4v) is 3.78. The van der Waals surface area contributed by atoms with E-state index in [-0.39, 0.29) is 11.4 Å². The zero-order chi connectivity index (χ0) is 15.6. The third-order valence-electron chi connectivity index (χ3n) is 4.10. The number of nitrogens with zero attached hydrogens (tertiary/aromatic N) is 1. The molecule has 0 bridgehead atoms. The van der Waals surface area contributed by atoms with Crippen molar-refractivity contribution < 1.29 is 4.79 Å². The molecule has 0 radical (unpaired) electrons. The topological polar surface area (TPSA) is 68.0 Å². The van der Waals surface area contributed by atoms with Crippen LogP contribution < -0.4 is 11.1 Å². The van der Waals surface area contributed by atoms with Gasteiger partial charge in [-0.2, -0.15) is 0 Å². The van der Waals surface area contributed by atoms with E-state index in [1.807, 2.05) is 17.5 Å². The standard InChI is InChI=1S/C16H18BrN3OS/c17-12-4-2-11(3-5-12)16(7-1-8-16)20-15(21)13-10-22-14(19-13)6-9-18/h2-5,10H,1,6-9,18H2,(H,20,21). The van der Waals surface area contributed by atoms with Gasteiger partial charge in [-0.25, -0.2) is 4.98 Å². The van der Waals surface area contributed by atoms with Crippen molar-refractivity contribution in [3.05, 3.63) is 50.4 Å². The van der Waals surface area contributed by atoms with E-state index in [0.29, 0.717) is 12.2 Å². The first kappa shape index (κ1) is 15.6. The van der Waals surface area contributed by atoms with Gasteiger partial charge in [-0.3, -0.25) is 4.79 Å². The molecule has 1 aromatic carbocycles. The minimum atomic E-state index is -0.241. The van der Waals surface area contributed by atoms with E-state index in [1.165, 1.54) is 11.3 Å². The smallest absolute Gasteiger partial charge is 0.271 e. The predicted molar refractivity (Wildman–Crippen MR) is 92.0 cm³/mol. The van der Waals surface area contributed by atoms with E-state index >= 15 is 0 Å². The molecule has 0 saturated heterocycles. The molecule has 1 aliphatic carbocycles. The molecule has 0 aliphatic heterocycles. The molecule has 1 aliphatic rings. The maximum absolute atomic E-state index is 12.5. The summed E-state index contributed by atoms with van der Waals surface area (Å²) in [5.41, 5.74) is 6.95. The summed E-state index contributed by atoms with van der Waals surface area (Å²) in [7, 11) is 0. The summed E-state index contributed by atoms with van der Waals surface area (Å²) < 4.78 is 1.04. The van der Waals surface area contributed by atoms with E-state index in [2.05, 4.69) is 38.4 Å². The average molecular weight is 380 g/mol. The third-order valence-corrected chi connectivity index (χ3v) is 5.54. The van der Waals surface area contributed by atoms with Gasteiger partial charge in [0.25, 0.3) is 5.91 Å². The average Bonchev–Trinajstić information content (AvgIpc) is 2.93. The normalized spacial score (nSPS) is 16.1. The lowest BCUT2D eigenvalue weighted by Crippen LogP contribution is -2.50. The molecule has 6 heteroatoms. The molecule has 1 aromatic heterocycles. The molecule has 1 fully saturated rings. The monoisotopic (exact) mass is 379 g/mol. The number of carbonyl (C=O) groups excluding carboxylic acids is 1. The lowest BCUT2D eigenvalue weighted by Gasteiger charge is -2.43. The summed E-state index contributed by atoms with van der Waals surface area (Å²) >= 11 is 4.94. The number of carbonyl (C=O) groups is 1. The van der Waals surface area contributed by atoms with Crippen LogP contribution in [-0.2, 0) is 12.0 Å². The molecule has 0 atom stereocenters. The summed E-state index contributed by atoms with van der Waals surface area (Å²) in [6.45, 7) is 0.553. The summed E-state index contributed by atoms with van der Waals surface area (Å²) in [6, 6.07) is 8.18. The van der Waals surface area contributed by atoms with Gasteiger partial charge in [0.15, 0.2) is 0 Å². The predicted octanol–water partition coefficient (Wildman–Crippen LogP) is 3.22. The number of amides is 1. The Hall–Kier alpha value is -1.24. The first-order chi connectivity index (χ1) is 10.6. The number of rotatable bonds is 5. The number of nitrogens with one attached hydrogen (secondary N) is 1. The number of halogens is 1. The Labute approximate surface area is 142 Å². The first-order valence-corrected chi connectivity index (χ1v) is 9.03. The number of aromatic nitrogens is 1. The Morgan fingerprint density at radius 1 is 1.36 bits per heavy atom. The first-order valence-electron chi connectivity index (χ1n) is 7.36. The van der Waals surface area contributed by atoms with E-state index in [4.69, 9.17) is 5.73 Å². The largest absolute Gasteiger partial charge is 0.341 e. The molecule has 1 saturated carbocycles. The Balaban J connectivity index is 1.77. The Kier molecular flexibility index (Phi) is 4.61. The van der Waals surface area contributed by atoms with E-state index in [9.17, 15) is 4.79 Å². The van der Waals surface area contributed by atoms with Crippen LogP contribution in [0.1, 0.15) is 40.3 Å². The SMILES string of the molecule is NCCc1nc(C(=O)NC2(c3ccc(Br)cc3)CCC2)cs1. The lowest BCUT2D eigenvalue weighted by atomic mass is 9.71. The molecule has 0 spiro atoms. The summed E-state index contributed by atoms with van der Waals surface area (Å²) in [6.07, 6.45) is 3.79. The van der Waals surface area contributed by atoms with Gasteiger partial charge in [-0.1, -0.05) is 28.1 Å². The highest BCUT2D eigenvalue weighted by atomic mass is 79.9. The Morgan fingerprint density at radius 3 is 2.68 bits per heavy atom. The van der Waals surface area contributed by atoms with Crippen LogP contribution >= 0.6 is 27.3 Å². The molecule has 4 nitrogen and oxygen atoms in total. The van der Waals surface area contributed by atoms with Crippen molar-refractivity contribution in [1.29, 1.82) is 0 Å². The molecular weight excluding hydrogens is 362 g/mol. The van der Waals surface area contributed by atoms with E-state index in [0.717, 1.165) is 40.7 Å². The zero-order valence-electron chi connectivity index (χ0n) is 12.1. The number of hydrogen-bond acceptors (Lipinski definition) is 4. The fourth-order valence-electron chi connectivity index (χ4n) is 2.72. The molecule has 1 heterocycles. The van der Waals surface area contributed by atoms with Crippen LogP contribution in [0, 0.1) is 0 Å². The van der Waals surface area contributed by atoms with Crippen molar-refractivity contribution in [2.24, 2.45) is 5.73 Å². The molecule has 3 N–H and O–H groups in total. The van der Waals surface area contributed by atoms with Crippen LogP contribution in [0.4, 0.5) is 0 Å². The van der Waals surface area contributed by atoms with Gasteiger partial charge in [0.2, 0.25) is 0 Å². The molecule has 22 heavy (non-hydrogen) atoms. The van der Waals surface area contributed by atoms with Gasteiger partial charge in [0.05, 0.1) is 10.5 Å². The van der Waals surface area contributed by atoms with Crippen molar-refractivity contribution in [2.45, 2.75) is 31.2 Å². The van der Waals surface area contributed by atoms with Crippen molar-refractivity contribution in [3.8, 4) is 0 Å². The van der Waals surface area contributed by atoms with Gasteiger partial charge >= 0.3 is 0 Å². The van der Waals surface area contributed by atoms with Gasteiger partial charge in [0.1, 0.15) is 5.69 Å². The van der Waals surface area contributed by atoms with E-state index in [1.54, 1.807) is 0 Å². The van der Waals surface area contributed by atoms with E-state index < -0.39 is 0 Å². The highest BCUT2D eigenvalue weighted by molar-refractivity contribution is 9.10. The molecule has 3 rings (SSSR count). The number of hydrogen-bond donors (Lipinski definition) is 2. The van der Waals surface area contributed by atoms with Crippen LogP contribution in [0.3, 0.4) is 0 Å². The van der Waals surface area contributed by atoms with Gasteiger partial charge < -0.3 is 11.1 Å². The van der Waals surface area contributed by atoms with Crippen LogP contribution in [0.15, 0.2) is 34.1 Å². The third kappa shape index (κ3) is 3.09. The number of benzene rings is 1.